The predicted octanol–water partition coefficient (Wildman–Crippen LogP) is 2.48. The Labute approximate surface area is 126 Å². The van der Waals surface area contributed by atoms with Gasteiger partial charge in [-0.1, -0.05) is 25.4 Å². The maximum absolute atomic E-state index is 12.0. The molecule has 0 saturated heterocycles. The third-order valence-corrected chi connectivity index (χ3v) is 2.88. The molecule has 114 valence electrons. The van der Waals surface area contributed by atoms with E-state index in [-0.39, 0.29) is 28.6 Å². The molecule has 0 bridgehead atoms. The molecule has 0 aliphatic heterocycles. The van der Waals surface area contributed by atoms with E-state index in [1.807, 2.05) is 13.8 Å². The van der Waals surface area contributed by atoms with E-state index in [4.69, 9.17) is 16.7 Å². The fourth-order valence-electron chi connectivity index (χ4n) is 1.75. The lowest BCUT2D eigenvalue weighted by Gasteiger charge is -2.16. The van der Waals surface area contributed by atoms with Crippen molar-refractivity contribution in [3.8, 4) is 0 Å². The van der Waals surface area contributed by atoms with Crippen LogP contribution in [0.1, 0.15) is 30.6 Å². The molecule has 7 nitrogen and oxygen atoms in total. The third-order valence-electron chi connectivity index (χ3n) is 2.67. The van der Waals surface area contributed by atoms with Crippen molar-refractivity contribution in [2.75, 3.05) is 0 Å². The van der Waals surface area contributed by atoms with E-state index in [0.29, 0.717) is 0 Å². The van der Waals surface area contributed by atoms with E-state index in [9.17, 15) is 19.7 Å². The van der Waals surface area contributed by atoms with Crippen molar-refractivity contribution in [2.24, 2.45) is 5.92 Å². The Balaban J connectivity index is 2.97. The van der Waals surface area contributed by atoms with Crippen LogP contribution >= 0.6 is 11.6 Å². The molecule has 0 saturated carbocycles. The molecule has 1 rings (SSSR count). The molecular weight excluding hydrogens is 300 g/mol. The quantitative estimate of drug-likeness (QED) is 0.619. The monoisotopic (exact) mass is 314 g/mol. The van der Waals surface area contributed by atoms with Gasteiger partial charge < -0.3 is 10.4 Å². The van der Waals surface area contributed by atoms with Crippen molar-refractivity contribution >= 4 is 29.2 Å². The number of carboxylic acids is 1. The molecule has 0 aromatic heterocycles. The zero-order valence-corrected chi connectivity index (χ0v) is 12.3. The first-order valence-corrected chi connectivity index (χ1v) is 6.57. The number of halogens is 1. The van der Waals surface area contributed by atoms with Crippen molar-refractivity contribution < 1.29 is 19.6 Å². The third kappa shape index (κ3) is 5.03. The van der Waals surface area contributed by atoms with Gasteiger partial charge in [-0.15, -0.1) is 0 Å². The van der Waals surface area contributed by atoms with Gasteiger partial charge in [0.05, 0.1) is 4.92 Å². The molecule has 0 radical (unpaired) electrons. The number of hydrogen-bond acceptors (Lipinski definition) is 4. The average molecular weight is 315 g/mol. The van der Waals surface area contributed by atoms with Crippen molar-refractivity contribution in [2.45, 2.75) is 26.3 Å². The molecule has 0 aliphatic rings. The van der Waals surface area contributed by atoms with E-state index in [1.165, 1.54) is 6.07 Å². The smallest absolute Gasteiger partial charge is 0.326 e. The largest absolute Gasteiger partial charge is 0.480 e. The Bertz CT molecular complexity index is 574. The number of carbonyl (C=O) groups is 2. The molecule has 0 fully saturated rings. The molecule has 0 spiro atoms. The minimum absolute atomic E-state index is 0.0325. The van der Waals surface area contributed by atoms with Crippen LogP contribution in [0.3, 0.4) is 0 Å². The van der Waals surface area contributed by atoms with Gasteiger partial charge in [0.25, 0.3) is 11.6 Å². The summed E-state index contributed by atoms with van der Waals surface area (Å²) in [6.45, 7) is 3.65. The SMILES string of the molecule is CC(C)C[C@H](NC(=O)c1cc(Cl)cc([N+](=O)[O-])c1)C(=O)O. The van der Waals surface area contributed by atoms with Crippen molar-refractivity contribution in [3.05, 3.63) is 38.9 Å². The summed E-state index contributed by atoms with van der Waals surface area (Å²) in [5.41, 5.74) is -0.382. The molecule has 2 N–H and O–H groups in total. The molecule has 1 aromatic carbocycles. The van der Waals surface area contributed by atoms with E-state index in [1.54, 1.807) is 0 Å². The molecule has 1 atom stereocenters. The Morgan fingerprint density at radius 3 is 2.48 bits per heavy atom. The van der Waals surface area contributed by atoms with Gasteiger partial charge >= 0.3 is 5.97 Å². The average Bonchev–Trinajstić information content (AvgIpc) is 2.36. The number of carboxylic acid groups (broad SMARTS) is 1. The number of non-ortho nitro benzene ring substituents is 1. The van der Waals surface area contributed by atoms with Gasteiger partial charge in [0.15, 0.2) is 0 Å². The maximum atomic E-state index is 12.0. The minimum atomic E-state index is -1.16. The van der Waals surface area contributed by atoms with Gasteiger partial charge in [0, 0.05) is 22.7 Å². The van der Waals surface area contributed by atoms with E-state index < -0.39 is 22.8 Å². The lowest BCUT2D eigenvalue weighted by Crippen LogP contribution is -2.41. The lowest BCUT2D eigenvalue weighted by molar-refractivity contribution is -0.384. The van der Waals surface area contributed by atoms with Crippen LogP contribution in [-0.2, 0) is 4.79 Å². The minimum Gasteiger partial charge on any atom is -0.480 e. The number of nitrogens with one attached hydrogen (secondary N) is 1. The second-order valence-electron chi connectivity index (χ2n) is 4.95. The summed E-state index contributed by atoms with van der Waals surface area (Å²) in [6, 6.07) is 2.35. The van der Waals surface area contributed by atoms with Crippen molar-refractivity contribution in [1.82, 2.24) is 5.32 Å². The predicted molar refractivity (Wildman–Crippen MR) is 76.5 cm³/mol. The first-order chi connectivity index (χ1) is 9.70. The van der Waals surface area contributed by atoms with Gasteiger partial charge in [-0.2, -0.15) is 0 Å². The summed E-state index contributed by atoms with van der Waals surface area (Å²) in [5.74, 6) is -1.80. The van der Waals surface area contributed by atoms with Crippen LogP contribution in [0.2, 0.25) is 5.02 Å². The zero-order chi connectivity index (χ0) is 16.2. The Hall–Kier alpha value is -2.15. The number of nitro benzene ring substituents is 1. The first-order valence-electron chi connectivity index (χ1n) is 6.19. The maximum Gasteiger partial charge on any atom is 0.326 e. The number of rotatable bonds is 6. The summed E-state index contributed by atoms with van der Waals surface area (Å²) < 4.78 is 0. The van der Waals surface area contributed by atoms with Crippen LogP contribution in [0.15, 0.2) is 18.2 Å². The van der Waals surface area contributed by atoms with Gasteiger partial charge in [-0.05, 0) is 18.4 Å². The van der Waals surface area contributed by atoms with Gasteiger partial charge in [0.2, 0.25) is 0 Å². The van der Waals surface area contributed by atoms with Crippen LogP contribution in [0.4, 0.5) is 5.69 Å². The molecule has 21 heavy (non-hydrogen) atoms. The second-order valence-corrected chi connectivity index (χ2v) is 5.39. The van der Waals surface area contributed by atoms with E-state index >= 15 is 0 Å². The van der Waals surface area contributed by atoms with E-state index in [2.05, 4.69) is 5.32 Å². The first kappa shape index (κ1) is 16.9. The number of aliphatic carboxylic acids is 1. The summed E-state index contributed by atoms with van der Waals surface area (Å²) in [7, 11) is 0. The van der Waals surface area contributed by atoms with Gasteiger partial charge in [0.1, 0.15) is 6.04 Å². The van der Waals surface area contributed by atoms with Crippen molar-refractivity contribution in [1.29, 1.82) is 0 Å². The molecule has 0 unspecified atom stereocenters. The fourth-order valence-corrected chi connectivity index (χ4v) is 1.97. The van der Waals surface area contributed by atoms with Crippen LogP contribution < -0.4 is 5.32 Å². The Morgan fingerprint density at radius 1 is 1.38 bits per heavy atom. The highest BCUT2D eigenvalue weighted by Crippen LogP contribution is 2.21. The Kier molecular flexibility index (Phi) is 5.66. The van der Waals surface area contributed by atoms with Crippen LogP contribution in [0, 0.1) is 16.0 Å². The normalized spacial score (nSPS) is 12.0. The molecule has 0 heterocycles. The number of carbonyl (C=O) groups excluding carboxylic acids is 1. The molecule has 1 aromatic rings. The van der Waals surface area contributed by atoms with E-state index in [0.717, 1.165) is 12.1 Å². The number of benzene rings is 1. The number of hydrogen-bond donors (Lipinski definition) is 2. The molecule has 0 aliphatic carbocycles. The van der Waals surface area contributed by atoms with Gasteiger partial charge in [-0.25, -0.2) is 4.79 Å². The highest BCUT2D eigenvalue weighted by atomic mass is 35.5. The summed E-state index contributed by atoms with van der Waals surface area (Å²) >= 11 is 5.72. The Morgan fingerprint density at radius 2 is 2.00 bits per heavy atom. The number of nitro groups is 1. The molecular formula is C13H15ClN2O5. The van der Waals surface area contributed by atoms with Crippen LogP contribution in [-0.4, -0.2) is 27.9 Å². The van der Waals surface area contributed by atoms with Crippen LogP contribution in [0.5, 0.6) is 0 Å². The summed E-state index contributed by atoms with van der Waals surface area (Å²) in [4.78, 5) is 33.2. The topological polar surface area (TPSA) is 110 Å². The second kappa shape index (κ2) is 7.03. The standard InChI is InChI=1S/C13H15ClN2O5/c1-7(2)3-11(13(18)19)15-12(17)8-4-9(14)6-10(5-8)16(20)21/h4-7,11H,3H2,1-2H3,(H,15,17)(H,18,19)/t11-/m0/s1. The highest BCUT2D eigenvalue weighted by Gasteiger charge is 2.23. The zero-order valence-electron chi connectivity index (χ0n) is 11.5. The highest BCUT2D eigenvalue weighted by molar-refractivity contribution is 6.31. The van der Waals surface area contributed by atoms with Crippen LogP contribution in [0.25, 0.3) is 0 Å². The van der Waals surface area contributed by atoms with Gasteiger partial charge in [-0.3, -0.25) is 14.9 Å². The number of nitrogens with zero attached hydrogens (tertiary/aromatic N) is 1. The summed E-state index contributed by atoms with van der Waals surface area (Å²) in [5, 5.41) is 22.2. The number of amides is 1. The summed E-state index contributed by atoms with van der Waals surface area (Å²) in [6.07, 6.45) is 0.254. The molecule has 8 heteroatoms. The lowest BCUT2D eigenvalue weighted by atomic mass is 10.0. The van der Waals surface area contributed by atoms with Crippen molar-refractivity contribution in [3.63, 3.8) is 0 Å². The molecule has 1 amide bonds. The fraction of sp³-hybridized carbons (Fsp3) is 0.385.